The zero-order valence-electron chi connectivity index (χ0n) is 15.3. The number of aryl methyl sites for hydroxylation is 3. The van der Waals surface area contributed by atoms with E-state index in [2.05, 4.69) is 10.3 Å². The standard InChI is InChI=1S/C20H25N3O2/c1-14-10-15(2)20(16(3)11-14)22-19(25)7-9-23(17(4)24)13-18-6-5-8-21-12-18/h5-6,8,10-12H,7,9,13H2,1-4H3,(H,22,25). The van der Waals surface area contributed by atoms with E-state index in [1.54, 1.807) is 17.3 Å². The van der Waals surface area contributed by atoms with Crippen molar-refractivity contribution in [2.24, 2.45) is 0 Å². The molecule has 1 heterocycles. The van der Waals surface area contributed by atoms with Crippen LogP contribution < -0.4 is 5.32 Å². The molecule has 2 rings (SSSR count). The molecule has 0 unspecified atom stereocenters. The van der Waals surface area contributed by atoms with Crippen molar-refractivity contribution in [2.75, 3.05) is 11.9 Å². The lowest BCUT2D eigenvalue weighted by Crippen LogP contribution is -2.31. The predicted octanol–water partition coefficient (Wildman–Crippen LogP) is 3.38. The van der Waals surface area contributed by atoms with Crippen molar-refractivity contribution in [3.8, 4) is 0 Å². The summed E-state index contributed by atoms with van der Waals surface area (Å²) in [6.07, 6.45) is 3.68. The highest BCUT2D eigenvalue weighted by atomic mass is 16.2. The summed E-state index contributed by atoms with van der Waals surface area (Å²) in [7, 11) is 0. The minimum Gasteiger partial charge on any atom is -0.338 e. The van der Waals surface area contributed by atoms with E-state index in [4.69, 9.17) is 0 Å². The van der Waals surface area contributed by atoms with E-state index >= 15 is 0 Å². The Balaban J connectivity index is 1.96. The molecule has 0 radical (unpaired) electrons. The lowest BCUT2D eigenvalue weighted by Gasteiger charge is -2.21. The Bertz CT molecular complexity index is 734. The fraction of sp³-hybridized carbons (Fsp3) is 0.350. The van der Waals surface area contributed by atoms with E-state index in [1.807, 2.05) is 45.0 Å². The molecule has 5 nitrogen and oxygen atoms in total. The Morgan fingerprint density at radius 2 is 1.84 bits per heavy atom. The normalized spacial score (nSPS) is 10.4. The summed E-state index contributed by atoms with van der Waals surface area (Å²) in [4.78, 5) is 29.9. The minimum atomic E-state index is -0.0903. The van der Waals surface area contributed by atoms with Crippen LogP contribution in [0.15, 0.2) is 36.7 Å². The van der Waals surface area contributed by atoms with E-state index in [9.17, 15) is 9.59 Å². The van der Waals surface area contributed by atoms with Crippen molar-refractivity contribution < 1.29 is 9.59 Å². The quantitative estimate of drug-likeness (QED) is 0.877. The second-order valence-corrected chi connectivity index (χ2v) is 6.37. The number of aromatic nitrogens is 1. The summed E-state index contributed by atoms with van der Waals surface area (Å²) in [5.74, 6) is -0.146. The first kappa shape index (κ1) is 18.6. The van der Waals surface area contributed by atoms with Crippen molar-refractivity contribution in [2.45, 2.75) is 40.7 Å². The van der Waals surface area contributed by atoms with Crippen LogP contribution in [0.2, 0.25) is 0 Å². The number of carbonyl (C=O) groups excluding carboxylic acids is 2. The number of rotatable bonds is 6. The summed E-state index contributed by atoms with van der Waals surface area (Å²) >= 11 is 0. The van der Waals surface area contributed by atoms with Crippen LogP contribution in [0.4, 0.5) is 5.69 Å². The van der Waals surface area contributed by atoms with E-state index in [0.29, 0.717) is 13.1 Å². The van der Waals surface area contributed by atoms with Gasteiger partial charge in [-0.1, -0.05) is 23.8 Å². The molecule has 2 aromatic rings. The zero-order valence-corrected chi connectivity index (χ0v) is 15.3. The van der Waals surface area contributed by atoms with Crippen LogP contribution in [-0.2, 0) is 16.1 Å². The number of amides is 2. The van der Waals surface area contributed by atoms with Crippen molar-refractivity contribution in [3.05, 3.63) is 58.9 Å². The SMILES string of the molecule is CC(=O)N(CCC(=O)Nc1c(C)cc(C)cc1C)Cc1cccnc1. The lowest BCUT2D eigenvalue weighted by atomic mass is 10.0. The molecular weight excluding hydrogens is 314 g/mol. The molecule has 0 aliphatic carbocycles. The predicted molar refractivity (Wildman–Crippen MR) is 99.2 cm³/mol. The van der Waals surface area contributed by atoms with Crippen LogP contribution in [0.25, 0.3) is 0 Å². The van der Waals surface area contributed by atoms with Crippen LogP contribution in [0.1, 0.15) is 35.6 Å². The lowest BCUT2D eigenvalue weighted by molar-refractivity contribution is -0.129. The molecule has 0 saturated heterocycles. The number of hydrogen-bond acceptors (Lipinski definition) is 3. The third-order valence-corrected chi connectivity index (χ3v) is 4.09. The molecule has 0 spiro atoms. The molecule has 1 N–H and O–H groups in total. The number of benzene rings is 1. The first-order valence-electron chi connectivity index (χ1n) is 8.39. The van der Waals surface area contributed by atoms with Gasteiger partial charge < -0.3 is 10.2 Å². The molecule has 0 fully saturated rings. The van der Waals surface area contributed by atoms with Gasteiger partial charge in [-0.2, -0.15) is 0 Å². The average Bonchev–Trinajstić information content (AvgIpc) is 2.55. The number of nitrogens with one attached hydrogen (secondary N) is 1. The molecule has 1 aromatic carbocycles. The molecule has 2 amide bonds. The van der Waals surface area contributed by atoms with Gasteiger partial charge in [0, 0.05) is 44.5 Å². The summed E-state index contributed by atoms with van der Waals surface area (Å²) in [6, 6.07) is 7.85. The second-order valence-electron chi connectivity index (χ2n) is 6.37. The smallest absolute Gasteiger partial charge is 0.226 e. The summed E-state index contributed by atoms with van der Waals surface area (Å²) < 4.78 is 0. The maximum Gasteiger partial charge on any atom is 0.226 e. The number of hydrogen-bond donors (Lipinski definition) is 1. The first-order valence-corrected chi connectivity index (χ1v) is 8.39. The Labute approximate surface area is 149 Å². The Morgan fingerprint density at radius 1 is 1.16 bits per heavy atom. The van der Waals surface area contributed by atoms with Gasteiger partial charge in [0.05, 0.1) is 0 Å². The van der Waals surface area contributed by atoms with Gasteiger partial charge in [0.1, 0.15) is 0 Å². The molecule has 0 aliphatic heterocycles. The second kappa shape index (κ2) is 8.42. The van der Waals surface area contributed by atoms with Crippen molar-refractivity contribution in [3.63, 3.8) is 0 Å². The van der Waals surface area contributed by atoms with Gasteiger partial charge in [-0.3, -0.25) is 14.6 Å². The number of carbonyl (C=O) groups is 2. The first-order chi connectivity index (χ1) is 11.9. The van der Waals surface area contributed by atoms with Gasteiger partial charge >= 0.3 is 0 Å². The fourth-order valence-corrected chi connectivity index (χ4v) is 2.88. The number of nitrogens with zero attached hydrogens (tertiary/aromatic N) is 2. The maximum absolute atomic E-state index is 12.3. The molecular formula is C20H25N3O2. The third-order valence-electron chi connectivity index (χ3n) is 4.09. The molecule has 0 aliphatic rings. The summed E-state index contributed by atoms with van der Waals surface area (Å²) in [6.45, 7) is 8.36. The van der Waals surface area contributed by atoms with E-state index in [-0.39, 0.29) is 18.2 Å². The minimum absolute atomic E-state index is 0.0562. The largest absolute Gasteiger partial charge is 0.338 e. The Morgan fingerprint density at radius 3 is 2.40 bits per heavy atom. The van der Waals surface area contributed by atoms with Gasteiger partial charge in [-0.05, 0) is 43.5 Å². The molecule has 5 heteroatoms. The van der Waals surface area contributed by atoms with E-state index < -0.39 is 0 Å². The third kappa shape index (κ3) is 5.41. The topological polar surface area (TPSA) is 62.3 Å². The van der Waals surface area contributed by atoms with E-state index in [1.165, 1.54) is 12.5 Å². The van der Waals surface area contributed by atoms with Gasteiger partial charge in [-0.15, -0.1) is 0 Å². The summed E-state index contributed by atoms with van der Waals surface area (Å²) in [5, 5.41) is 2.97. The average molecular weight is 339 g/mol. The van der Waals surface area contributed by atoms with Crippen LogP contribution in [0.3, 0.4) is 0 Å². The Kier molecular flexibility index (Phi) is 6.28. The molecule has 0 saturated carbocycles. The van der Waals surface area contributed by atoms with Crippen LogP contribution >= 0.6 is 0 Å². The maximum atomic E-state index is 12.3. The van der Waals surface area contributed by atoms with Crippen LogP contribution in [0, 0.1) is 20.8 Å². The van der Waals surface area contributed by atoms with E-state index in [0.717, 1.165) is 22.4 Å². The van der Waals surface area contributed by atoms with Crippen LogP contribution in [-0.4, -0.2) is 28.2 Å². The molecule has 132 valence electrons. The van der Waals surface area contributed by atoms with Crippen LogP contribution in [0.5, 0.6) is 0 Å². The van der Waals surface area contributed by atoms with Gasteiger partial charge in [0.2, 0.25) is 11.8 Å². The highest BCUT2D eigenvalue weighted by Gasteiger charge is 2.13. The molecule has 1 aromatic heterocycles. The summed E-state index contributed by atoms with van der Waals surface area (Å²) in [5.41, 5.74) is 5.07. The van der Waals surface area contributed by atoms with Gasteiger partial charge in [-0.25, -0.2) is 0 Å². The Hall–Kier alpha value is -2.69. The monoisotopic (exact) mass is 339 g/mol. The van der Waals surface area contributed by atoms with Gasteiger partial charge in [0.25, 0.3) is 0 Å². The van der Waals surface area contributed by atoms with Crippen molar-refractivity contribution >= 4 is 17.5 Å². The highest BCUT2D eigenvalue weighted by Crippen LogP contribution is 2.22. The van der Waals surface area contributed by atoms with Gasteiger partial charge in [0.15, 0.2) is 0 Å². The van der Waals surface area contributed by atoms with Crippen molar-refractivity contribution in [1.29, 1.82) is 0 Å². The van der Waals surface area contributed by atoms with Crippen molar-refractivity contribution in [1.82, 2.24) is 9.88 Å². The molecule has 0 atom stereocenters. The molecule has 25 heavy (non-hydrogen) atoms. The fourth-order valence-electron chi connectivity index (χ4n) is 2.88. The number of pyridine rings is 1. The highest BCUT2D eigenvalue weighted by molar-refractivity contribution is 5.92. The number of anilines is 1. The molecule has 0 bridgehead atoms. The zero-order chi connectivity index (χ0) is 18.4.